The number of nitro groups is 1. The number of nitro benzene ring substituents is 1. The molecule has 6 heteroatoms. The molecule has 6 nitrogen and oxygen atoms in total. The summed E-state index contributed by atoms with van der Waals surface area (Å²) in [6.07, 6.45) is 2.89. The molecule has 2 rings (SSSR count). The molecule has 1 aliphatic carbocycles. The molecule has 1 N–H and O–H groups in total. The van der Waals surface area contributed by atoms with Gasteiger partial charge in [-0.15, -0.1) is 0 Å². The molecule has 1 aromatic carbocycles. The van der Waals surface area contributed by atoms with Crippen molar-refractivity contribution in [2.75, 3.05) is 0 Å². The van der Waals surface area contributed by atoms with E-state index in [-0.39, 0.29) is 11.3 Å². The smallest absolute Gasteiger partial charge is 0.282 e. The van der Waals surface area contributed by atoms with Gasteiger partial charge >= 0.3 is 0 Å². The zero-order valence-corrected chi connectivity index (χ0v) is 11.8. The second-order valence-electron chi connectivity index (χ2n) is 5.60. The Morgan fingerprint density at radius 2 is 2.05 bits per heavy atom. The Labute approximate surface area is 122 Å². The molecule has 0 radical (unpaired) electrons. The van der Waals surface area contributed by atoms with Gasteiger partial charge in [-0.25, -0.2) is 0 Å². The summed E-state index contributed by atoms with van der Waals surface area (Å²) < 4.78 is 0. The minimum atomic E-state index is -0.909. The zero-order valence-electron chi connectivity index (χ0n) is 11.8. The van der Waals surface area contributed by atoms with Crippen LogP contribution in [0.15, 0.2) is 24.3 Å². The first-order valence-corrected chi connectivity index (χ1v) is 6.94. The van der Waals surface area contributed by atoms with Crippen LogP contribution in [0.4, 0.5) is 5.69 Å². The van der Waals surface area contributed by atoms with Crippen LogP contribution >= 0.6 is 0 Å². The number of hydrogen-bond donors (Lipinski definition) is 1. The average molecular weight is 287 g/mol. The number of hydrogen-bond acceptors (Lipinski definition) is 4. The van der Waals surface area contributed by atoms with E-state index in [0.29, 0.717) is 18.8 Å². The Kier molecular flexibility index (Phi) is 4.22. The third-order valence-corrected chi connectivity index (χ3v) is 4.04. The molecule has 0 aromatic heterocycles. The van der Waals surface area contributed by atoms with Gasteiger partial charge in [0.1, 0.15) is 11.1 Å². The van der Waals surface area contributed by atoms with E-state index in [1.807, 2.05) is 0 Å². The number of benzene rings is 1. The van der Waals surface area contributed by atoms with E-state index in [0.717, 1.165) is 12.8 Å². The van der Waals surface area contributed by atoms with Crippen LogP contribution in [0, 0.1) is 27.4 Å². The third-order valence-electron chi connectivity index (χ3n) is 4.04. The molecule has 0 spiro atoms. The lowest BCUT2D eigenvalue weighted by Gasteiger charge is -2.34. The van der Waals surface area contributed by atoms with Crippen molar-refractivity contribution >= 4 is 11.6 Å². The maximum Gasteiger partial charge on any atom is 0.282 e. The largest absolute Gasteiger partial charge is 0.333 e. The Balaban J connectivity index is 2.22. The summed E-state index contributed by atoms with van der Waals surface area (Å²) in [5.74, 6) is -0.0205. The second kappa shape index (κ2) is 5.92. The summed E-state index contributed by atoms with van der Waals surface area (Å²) in [5.41, 5.74) is -1.16. The van der Waals surface area contributed by atoms with Crippen LogP contribution in [0.3, 0.4) is 0 Å². The molecule has 110 valence electrons. The average Bonchev–Trinajstić information content (AvgIpc) is 2.49. The Hall–Kier alpha value is -2.42. The number of nitrogens with zero attached hydrogens (tertiary/aromatic N) is 2. The van der Waals surface area contributed by atoms with Crippen molar-refractivity contribution in [3.05, 3.63) is 39.9 Å². The first-order chi connectivity index (χ1) is 9.97. The van der Waals surface area contributed by atoms with Gasteiger partial charge in [-0.3, -0.25) is 14.9 Å². The van der Waals surface area contributed by atoms with Crippen LogP contribution in [-0.4, -0.2) is 16.4 Å². The number of carbonyl (C=O) groups excluding carboxylic acids is 1. The number of amides is 1. The van der Waals surface area contributed by atoms with E-state index in [1.54, 1.807) is 6.07 Å². The highest BCUT2D eigenvalue weighted by atomic mass is 16.6. The Bertz CT molecular complexity index is 598. The maximum atomic E-state index is 12.3. The lowest BCUT2D eigenvalue weighted by atomic mass is 9.78. The molecule has 0 heterocycles. The second-order valence-corrected chi connectivity index (χ2v) is 5.60. The molecule has 0 atom stereocenters. The van der Waals surface area contributed by atoms with E-state index < -0.39 is 16.4 Å². The van der Waals surface area contributed by atoms with Gasteiger partial charge < -0.3 is 5.32 Å². The lowest BCUT2D eigenvalue weighted by Crippen LogP contribution is -2.49. The van der Waals surface area contributed by atoms with E-state index in [1.165, 1.54) is 18.2 Å². The highest BCUT2D eigenvalue weighted by Gasteiger charge is 2.37. The molecule has 0 unspecified atom stereocenters. The van der Waals surface area contributed by atoms with Crippen LogP contribution in [-0.2, 0) is 0 Å². The van der Waals surface area contributed by atoms with Gasteiger partial charge in [0.25, 0.3) is 11.6 Å². The van der Waals surface area contributed by atoms with Crippen LogP contribution < -0.4 is 5.32 Å². The fourth-order valence-electron chi connectivity index (χ4n) is 2.63. The molecule has 21 heavy (non-hydrogen) atoms. The van der Waals surface area contributed by atoms with Crippen LogP contribution in [0.25, 0.3) is 0 Å². The number of nitrogens with one attached hydrogen (secondary N) is 1. The van der Waals surface area contributed by atoms with Crippen LogP contribution in [0.2, 0.25) is 0 Å². The highest BCUT2D eigenvalue weighted by Crippen LogP contribution is 2.32. The molecular formula is C15H17N3O3. The molecule has 0 bridgehead atoms. The van der Waals surface area contributed by atoms with Crippen molar-refractivity contribution < 1.29 is 9.72 Å². The van der Waals surface area contributed by atoms with Crippen molar-refractivity contribution in [1.82, 2.24) is 5.32 Å². The van der Waals surface area contributed by atoms with Gasteiger partial charge in [0.2, 0.25) is 0 Å². The van der Waals surface area contributed by atoms with E-state index >= 15 is 0 Å². The normalized spacial score (nSPS) is 24.9. The quantitative estimate of drug-likeness (QED) is 0.683. The number of para-hydroxylation sites is 1. The predicted octanol–water partition coefficient (Wildman–Crippen LogP) is 2.80. The fourth-order valence-corrected chi connectivity index (χ4v) is 2.63. The maximum absolute atomic E-state index is 12.3. The Morgan fingerprint density at radius 3 is 2.62 bits per heavy atom. The third kappa shape index (κ3) is 3.19. The van der Waals surface area contributed by atoms with Crippen molar-refractivity contribution in [2.24, 2.45) is 5.92 Å². The molecule has 1 aromatic rings. The van der Waals surface area contributed by atoms with Gasteiger partial charge in [0.05, 0.1) is 11.0 Å². The molecule has 1 saturated carbocycles. The summed E-state index contributed by atoms with van der Waals surface area (Å²) in [4.78, 5) is 22.7. The monoisotopic (exact) mass is 287 g/mol. The fraction of sp³-hybridized carbons (Fsp3) is 0.467. The number of carbonyl (C=O) groups is 1. The van der Waals surface area contributed by atoms with Gasteiger partial charge in [-0.1, -0.05) is 19.1 Å². The lowest BCUT2D eigenvalue weighted by molar-refractivity contribution is -0.385. The topological polar surface area (TPSA) is 96.0 Å². The van der Waals surface area contributed by atoms with E-state index in [9.17, 15) is 20.2 Å². The van der Waals surface area contributed by atoms with E-state index in [2.05, 4.69) is 18.3 Å². The van der Waals surface area contributed by atoms with Gasteiger partial charge in [-0.2, -0.15) is 5.26 Å². The van der Waals surface area contributed by atoms with Crippen molar-refractivity contribution in [2.45, 2.75) is 38.1 Å². The molecule has 1 aliphatic rings. The minimum Gasteiger partial charge on any atom is -0.333 e. The highest BCUT2D eigenvalue weighted by molar-refractivity contribution is 5.98. The number of rotatable bonds is 3. The molecule has 1 fully saturated rings. The van der Waals surface area contributed by atoms with Gasteiger partial charge in [0.15, 0.2) is 0 Å². The Morgan fingerprint density at radius 1 is 1.43 bits per heavy atom. The molecule has 0 aliphatic heterocycles. The predicted molar refractivity (Wildman–Crippen MR) is 76.5 cm³/mol. The standard InChI is InChI=1S/C15H17N3O3/c1-11-6-8-15(10-16,9-7-11)17-14(19)12-4-2-3-5-13(12)18(20)21/h2-5,11H,6-9H2,1H3,(H,17,19). The molecule has 0 saturated heterocycles. The summed E-state index contributed by atoms with van der Waals surface area (Å²) in [5, 5.41) is 23.1. The van der Waals surface area contributed by atoms with Crippen molar-refractivity contribution in [3.8, 4) is 6.07 Å². The SMILES string of the molecule is CC1CCC(C#N)(NC(=O)c2ccccc2[N+](=O)[O-])CC1. The van der Waals surface area contributed by atoms with Gasteiger partial charge in [0, 0.05) is 6.07 Å². The van der Waals surface area contributed by atoms with Gasteiger partial charge in [-0.05, 0) is 37.7 Å². The zero-order chi connectivity index (χ0) is 15.5. The summed E-state index contributed by atoms with van der Waals surface area (Å²) in [6, 6.07) is 7.97. The minimum absolute atomic E-state index is 0.00394. The van der Waals surface area contributed by atoms with Crippen molar-refractivity contribution in [1.29, 1.82) is 5.26 Å². The first-order valence-electron chi connectivity index (χ1n) is 6.94. The van der Waals surface area contributed by atoms with Crippen LogP contribution in [0.5, 0.6) is 0 Å². The van der Waals surface area contributed by atoms with Crippen molar-refractivity contribution in [3.63, 3.8) is 0 Å². The molecule has 1 amide bonds. The number of nitriles is 1. The van der Waals surface area contributed by atoms with E-state index in [4.69, 9.17) is 0 Å². The summed E-state index contributed by atoms with van der Waals surface area (Å²) >= 11 is 0. The molecular weight excluding hydrogens is 270 g/mol. The van der Waals surface area contributed by atoms with Crippen LogP contribution in [0.1, 0.15) is 43.0 Å². The summed E-state index contributed by atoms with van der Waals surface area (Å²) in [6.45, 7) is 2.12. The summed E-state index contributed by atoms with van der Waals surface area (Å²) in [7, 11) is 0. The first kappa shape index (κ1) is 15.0.